The van der Waals surface area contributed by atoms with Gasteiger partial charge in [-0.1, -0.05) is 33.6 Å². The zero-order valence-electron chi connectivity index (χ0n) is 8.34. The zero-order valence-corrected chi connectivity index (χ0v) is 9.97. The van der Waals surface area contributed by atoms with E-state index in [0.717, 1.165) is 12.4 Å². The first-order valence-electron chi connectivity index (χ1n) is 4.68. The summed E-state index contributed by atoms with van der Waals surface area (Å²) in [4.78, 5) is 0. The normalized spacial score (nSPS) is 13.7. The predicted octanol–water partition coefficient (Wildman–Crippen LogP) is 2.84. The summed E-state index contributed by atoms with van der Waals surface area (Å²) in [5.41, 5.74) is 0. The molecule has 0 rings (SSSR count). The minimum atomic E-state index is -0.209. The van der Waals surface area contributed by atoms with E-state index in [2.05, 4.69) is 20.8 Å². The van der Waals surface area contributed by atoms with Crippen molar-refractivity contribution in [2.24, 2.45) is 5.92 Å². The van der Waals surface area contributed by atoms with E-state index in [1.807, 2.05) is 0 Å². The van der Waals surface area contributed by atoms with Crippen molar-refractivity contribution >= 4 is 20.9 Å². The van der Waals surface area contributed by atoms with Crippen molar-refractivity contribution in [3.63, 3.8) is 0 Å². The third-order valence-electron chi connectivity index (χ3n) is 1.45. The molecule has 0 bridgehead atoms. The van der Waals surface area contributed by atoms with Gasteiger partial charge in [-0.3, -0.25) is 0 Å². The van der Waals surface area contributed by atoms with Gasteiger partial charge >= 0.3 is 0 Å². The monoisotopic (exact) mass is 208 g/mol. The van der Waals surface area contributed by atoms with Crippen LogP contribution < -0.4 is 0 Å². The first-order valence-corrected chi connectivity index (χ1v) is 6.92. The topological polar surface area (TPSA) is 9.23 Å². The van der Waals surface area contributed by atoms with Crippen LogP contribution in [-0.4, -0.2) is 12.4 Å². The van der Waals surface area contributed by atoms with Crippen molar-refractivity contribution < 1.29 is 4.18 Å². The summed E-state index contributed by atoms with van der Waals surface area (Å²) < 4.78 is 5.49. The molecule has 74 valence electrons. The largest absolute Gasteiger partial charge is 0.312 e. The second kappa shape index (κ2) is 8.14. The fourth-order valence-corrected chi connectivity index (χ4v) is 2.24. The lowest BCUT2D eigenvalue weighted by Crippen LogP contribution is -2.06. The van der Waals surface area contributed by atoms with Crippen molar-refractivity contribution in [2.75, 3.05) is 12.4 Å². The Hall–Kier alpha value is 0.530. The summed E-state index contributed by atoms with van der Waals surface area (Å²) in [6.07, 6.45) is 3.77. The smallest absolute Gasteiger partial charge is 0.0639 e. The Morgan fingerprint density at radius 2 is 2.00 bits per heavy atom. The third-order valence-corrected chi connectivity index (χ3v) is 3.26. The Kier molecular flexibility index (Phi) is 8.50. The van der Waals surface area contributed by atoms with Gasteiger partial charge in [0.05, 0.1) is 6.61 Å². The Morgan fingerprint density at radius 3 is 2.50 bits per heavy atom. The van der Waals surface area contributed by atoms with Crippen molar-refractivity contribution in [1.82, 2.24) is 0 Å². The molecule has 0 heterocycles. The summed E-state index contributed by atoms with van der Waals surface area (Å²) in [7, 11) is -0.209. The van der Waals surface area contributed by atoms with E-state index in [1.165, 1.54) is 19.3 Å². The Labute approximate surface area is 83.7 Å². The van der Waals surface area contributed by atoms with Gasteiger partial charge in [0.15, 0.2) is 0 Å². The van der Waals surface area contributed by atoms with Gasteiger partial charge < -0.3 is 4.18 Å². The predicted molar refractivity (Wildman–Crippen MR) is 59.9 cm³/mol. The van der Waals surface area contributed by atoms with Crippen LogP contribution in [0.5, 0.6) is 0 Å². The van der Waals surface area contributed by atoms with Gasteiger partial charge in [0.1, 0.15) is 0 Å². The lowest BCUT2D eigenvalue weighted by molar-refractivity contribution is 0.311. The molecule has 3 heteroatoms. The van der Waals surface area contributed by atoms with E-state index >= 15 is 0 Å². The highest BCUT2D eigenvalue weighted by Crippen LogP contribution is 2.00. The van der Waals surface area contributed by atoms with Crippen LogP contribution in [0.3, 0.4) is 0 Å². The second-order valence-corrected chi connectivity index (χ2v) is 5.76. The first-order chi connectivity index (χ1) is 5.66. The zero-order chi connectivity index (χ0) is 9.40. The van der Waals surface area contributed by atoms with Crippen LogP contribution in [0.25, 0.3) is 0 Å². The van der Waals surface area contributed by atoms with Crippen molar-refractivity contribution in [3.05, 3.63) is 0 Å². The van der Waals surface area contributed by atoms with Gasteiger partial charge in [0, 0.05) is 15.5 Å². The summed E-state index contributed by atoms with van der Waals surface area (Å²) in [5.74, 6) is 1.67. The molecule has 0 aromatic rings. The molecule has 0 saturated carbocycles. The molecule has 0 fully saturated rings. The molecule has 1 unspecified atom stereocenters. The Morgan fingerprint density at radius 1 is 1.33 bits per heavy atom. The summed E-state index contributed by atoms with van der Waals surface area (Å²) >= 11 is 5.17. The van der Waals surface area contributed by atoms with Gasteiger partial charge in [0.2, 0.25) is 0 Å². The molecular formula is C9H20OS2. The van der Waals surface area contributed by atoms with Crippen molar-refractivity contribution in [3.8, 4) is 0 Å². The van der Waals surface area contributed by atoms with Gasteiger partial charge in [0.25, 0.3) is 0 Å². The number of rotatable bonds is 7. The van der Waals surface area contributed by atoms with Crippen LogP contribution in [0.4, 0.5) is 0 Å². The fourth-order valence-electron chi connectivity index (χ4n) is 0.741. The van der Waals surface area contributed by atoms with E-state index in [4.69, 9.17) is 15.4 Å². The van der Waals surface area contributed by atoms with E-state index in [-0.39, 0.29) is 9.74 Å². The number of hydrogen-bond acceptors (Lipinski definition) is 2. The summed E-state index contributed by atoms with van der Waals surface area (Å²) in [6, 6.07) is 0. The molecule has 1 atom stereocenters. The average molecular weight is 208 g/mol. The maximum Gasteiger partial charge on any atom is 0.0639 e. The van der Waals surface area contributed by atoms with Crippen molar-refractivity contribution in [2.45, 2.75) is 40.0 Å². The van der Waals surface area contributed by atoms with Gasteiger partial charge in [-0.25, -0.2) is 0 Å². The molecule has 0 aromatic carbocycles. The van der Waals surface area contributed by atoms with Crippen LogP contribution in [0.2, 0.25) is 0 Å². The number of unbranched alkanes of at least 4 members (excludes halogenated alkanes) is 2. The fraction of sp³-hybridized carbons (Fsp3) is 1.00. The van der Waals surface area contributed by atoms with E-state index < -0.39 is 0 Å². The molecule has 12 heavy (non-hydrogen) atoms. The minimum absolute atomic E-state index is 0.209. The Bertz CT molecular complexity index is 124. The molecule has 0 aliphatic carbocycles. The van der Waals surface area contributed by atoms with Gasteiger partial charge in [-0.05, 0) is 23.5 Å². The SMILES string of the molecule is CCCCCS(=S)OCC(C)C. The third kappa shape index (κ3) is 8.62. The lowest BCUT2D eigenvalue weighted by Gasteiger charge is -2.07. The van der Waals surface area contributed by atoms with Gasteiger partial charge in [-0.2, -0.15) is 0 Å². The molecule has 0 aliphatic rings. The second-order valence-electron chi connectivity index (χ2n) is 3.39. The summed E-state index contributed by atoms with van der Waals surface area (Å²) in [6.45, 7) is 7.33. The molecule has 0 N–H and O–H groups in total. The lowest BCUT2D eigenvalue weighted by atomic mass is 10.2. The number of hydrogen-bond donors (Lipinski definition) is 0. The molecule has 0 aromatic heterocycles. The quantitative estimate of drug-likeness (QED) is 0.595. The van der Waals surface area contributed by atoms with Crippen LogP contribution in [-0.2, 0) is 25.1 Å². The standard InChI is InChI=1S/C9H20OS2/c1-4-5-6-7-12(11)10-8-9(2)3/h9H,4-8H2,1-3H3. The van der Waals surface area contributed by atoms with Crippen molar-refractivity contribution in [1.29, 1.82) is 0 Å². The van der Waals surface area contributed by atoms with E-state index in [0.29, 0.717) is 5.92 Å². The molecule has 0 saturated heterocycles. The van der Waals surface area contributed by atoms with Crippen LogP contribution in [0, 0.1) is 5.92 Å². The van der Waals surface area contributed by atoms with E-state index in [1.54, 1.807) is 0 Å². The van der Waals surface area contributed by atoms with Crippen LogP contribution in [0.15, 0.2) is 0 Å². The molecule has 0 aliphatic heterocycles. The highest BCUT2D eigenvalue weighted by molar-refractivity contribution is 8.26. The van der Waals surface area contributed by atoms with Crippen LogP contribution in [0.1, 0.15) is 40.0 Å². The minimum Gasteiger partial charge on any atom is -0.312 e. The maximum absolute atomic E-state index is 5.49. The van der Waals surface area contributed by atoms with Crippen LogP contribution >= 0.6 is 0 Å². The average Bonchev–Trinajstić information content (AvgIpc) is 2.01. The molecule has 0 amide bonds. The van der Waals surface area contributed by atoms with Gasteiger partial charge in [-0.15, -0.1) is 0 Å². The highest BCUT2D eigenvalue weighted by atomic mass is 32.8. The molecule has 0 radical (unpaired) electrons. The molecular weight excluding hydrogens is 188 g/mol. The highest BCUT2D eigenvalue weighted by Gasteiger charge is 1.97. The first kappa shape index (κ1) is 12.5. The molecule has 0 spiro atoms. The van der Waals surface area contributed by atoms with E-state index in [9.17, 15) is 0 Å². The molecule has 1 nitrogen and oxygen atoms in total. The Balaban J connectivity index is 3.22. The summed E-state index contributed by atoms with van der Waals surface area (Å²) in [5, 5.41) is 0. The maximum atomic E-state index is 5.49.